The largest absolute Gasteiger partial charge is 0.480 e. The first-order valence-electron chi connectivity index (χ1n) is 8.09. The lowest BCUT2D eigenvalue weighted by Crippen LogP contribution is -2.32. The first-order valence-corrected chi connectivity index (χ1v) is 8.84. The number of halogens is 2. The minimum absolute atomic E-state index is 0.0122. The lowest BCUT2D eigenvalue weighted by atomic mass is 9.70. The Balaban J connectivity index is 1.58. The van der Waals surface area contributed by atoms with Gasteiger partial charge in [0, 0.05) is 10.4 Å². The number of hydrogen-bond acceptors (Lipinski definition) is 4. The first-order chi connectivity index (χ1) is 11.2. The fourth-order valence-electron chi connectivity index (χ4n) is 3.93. The summed E-state index contributed by atoms with van der Waals surface area (Å²) >= 11 is 11.8. The summed E-state index contributed by atoms with van der Waals surface area (Å²) in [6.45, 7) is 6.53. The van der Waals surface area contributed by atoms with Crippen LogP contribution < -0.4 is 4.74 Å². The average molecular weight is 370 g/mol. The Hall–Kier alpha value is -1.26. The molecule has 0 heterocycles. The first kappa shape index (κ1) is 17.6. The molecule has 2 aliphatic rings. The van der Waals surface area contributed by atoms with E-state index in [0.29, 0.717) is 21.7 Å². The lowest BCUT2D eigenvalue weighted by molar-refractivity contribution is -0.146. The predicted octanol–water partition coefficient (Wildman–Crippen LogP) is 5.12. The Bertz CT molecular complexity index is 702. The number of hydrogen-bond donors (Lipinski definition) is 0. The van der Waals surface area contributed by atoms with Crippen molar-refractivity contribution in [2.75, 3.05) is 6.61 Å². The highest BCUT2D eigenvalue weighted by Crippen LogP contribution is 2.63. The van der Waals surface area contributed by atoms with Crippen molar-refractivity contribution < 1.29 is 14.4 Å². The number of fused-ring (bicyclic) bond motifs is 2. The van der Waals surface area contributed by atoms with Crippen LogP contribution in [0.3, 0.4) is 0 Å². The number of rotatable bonds is 4. The standard InChI is InChI=1S/C18H21Cl2NO3/c1-17(2)11-6-7-18(17,3)15(8-11)21-24-16(22)10-23-14-5-4-12(19)9-13(14)20/h4-5,9,11H,6-8,10H2,1-3H3. The number of carbonyl (C=O) groups is 1. The number of carbonyl (C=O) groups excluding carboxylic acids is 1. The predicted molar refractivity (Wildman–Crippen MR) is 94.7 cm³/mol. The van der Waals surface area contributed by atoms with E-state index in [4.69, 9.17) is 32.8 Å². The molecule has 2 saturated carbocycles. The van der Waals surface area contributed by atoms with Crippen LogP contribution in [0.15, 0.2) is 23.4 Å². The van der Waals surface area contributed by atoms with Crippen LogP contribution in [0.4, 0.5) is 0 Å². The van der Waals surface area contributed by atoms with Gasteiger partial charge in [-0.25, -0.2) is 4.79 Å². The molecule has 2 unspecified atom stereocenters. The van der Waals surface area contributed by atoms with Crippen LogP contribution in [0.5, 0.6) is 5.75 Å². The summed E-state index contributed by atoms with van der Waals surface area (Å²) in [6.07, 6.45) is 3.22. The van der Waals surface area contributed by atoms with Crippen molar-refractivity contribution in [2.45, 2.75) is 40.0 Å². The Labute approximate surface area is 152 Å². The Morgan fingerprint density at radius 1 is 1.33 bits per heavy atom. The van der Waals surface area contributed by atoms with E-state index >= 15 is 0 Å². The highest BCUT2D eigenvalue weighted by Gasteiger charge is 2.60. The van der Waals surface area contributed by atoms with Crippen molar-refractivity contribution >= 4 is 34.9 Å². The van der Waals surface area contributed by atoms with Crippen molar-refractivity contribution in [3.05, 3.63) is 28.2 Å². The molecule has 0 aliphatic heterocycles. The lowest BCUT2D eigenvalue weighted by Gasteiger charge is -2.34. The van der Waals surface area contributed by atoms with Crippen LogP contribution in [0.2, 0.25) is 10.0 Å². The van der Waals surface area contributed by atoms with Gasteiger partial charge in [0.15, 0.2) is 6.61 Å². The molecule has 1 aromatic rings. The zero-order chi connectivity index (χ0) is 17.5. The molecule has 0 saturated heterocycles. The van der Waals surface area contributed by atoms with E-state index in [0.717, 1.165) is 18.6 Å². The van der Waals surface area contributed by atoms with E-state index < -0.39 is 5.97 Å². The SMILES string of the molecule is CC12CCC(CC1=NOC(=O)COc1ccc(Cl)cc1Cl)C2(C)C. The second-order valence-electron chi connectivity index (χ2n) is 7.36. The third-order valence-electron chi connectivity index (χ3n) is 6.01. The Morgan fingerprint density at radius 2 is 2.08 bits per heavy atom. The van der Waals surface area contributed by atoms with Gasteiger partial charge in [0.25, 0.3) is 0 Å². The number of ether oxygens (including phenoxy) is 1. The van der Waals surface area contributed by atoms with Crippen molar-refractivity contribution in [1.82, 2.24) is 0 Å². The molecule has 2 bridgehead atoms. The Kier molecular flexibility index (Phi) is 4.56. The van der Waals surface area contributed by atoms with Crippen LogP contribution in [-0.2, 0) is 9.63 Å². The van der Waals surface area contributed by atoms with Crippen LogP contribution in [0, 0.1) is 16.7 Å². The maximum Gasteiger partial charge on any atom is 0.372 e. The van der Waals surface area contributed by atoms with E-state index in [1.165, 1.54) is 6.42 Å². The van der Waals surface area contributed by atoms with E-state index in [2.05, 4.69) is 25.9 Å². The third kappa shape index (κ3) is 2.91. The molecule has 4 nitrogen and oxygen atoms in total. The van der Waals surface area contributed by atoms with Crippen LogP contribution in [0.25, 0.3) is 0 Å². The quantitative estimate of drug-likeness (QED) is 0.546. The zero-order valence-electron chi connectivity index (χ0n) is 14.1. The molecular formula is C18H21Cl2NO3. The third-order valence-corrected chi connectivity index (χ3v) is 6.54. The van der Waals surface area contributed by atoms with E-state index in [1.807, 2.05) is 0 Å². The topological polar surface area (TPSA) is 47.9 Å². The minimum Gasteiger partial charge on any atom is -0.480 e. The van der Waals surface area contributed by atoms with Crippen LogP contribution in [-0.4, -0.2) is 18.3 Å². The summed E-state index contributed by atoms with van der Waals surface area (Å²) in [7, 11) is 0. The molecule has 2 atom stereocenters. The van der Waals surface area contributed by atoms with Crippen molar-refractivity contribution in [3.63, 3.8) is 0 Å². The maximum atomic E-state index is 11.9. The summed E-state index contributed by atoms with van der Waals surface area (Å²) in [6, 6.07) is 4.82. The number of benzene rings is 1. The molecule has 2 fully saturated rings. The fourth-order valence-corrected chi connectivity index (χ4v) is 4.39. The summed E-state index contributed by atoms with van der Waals surface area (Å²) in [5, 5.41) is 5.01. The normalized spacial score (nSPS) is 29.0. The van der Waals surface area contributed by atoms with E-state index in [9.17, 15) is 4.79 Å². The molecule has 1 aromatic carbocycles. The monoisotopic (exact) mass is 369 g/mol. The van der Waals surface area contributed by atoms with Gasteiger partial charge in [-0.1, -0.05) is 49.1 Å². The molecule has 0 radical (unpaired) electrons. The maximum absolute atomic E-state index is 11.9. The van der Waals surface area contributed by atoms with Gasteiger partial charge in [-0.15, -0.1) is 0 Å². The van der Waals surface area contributed by atoms with Gasteiger partial charge in [-0.2, -0.15) is 0 Å². The zero-order valence-corrected chi connectivity index (χ0v) is 15.6. The van der Waals surface area contributed by atoms with Gasteiger partial charge in [-0.3, -0.25) is 0 Å². The molecule has 130 valence electrons. The van der Waals surface area contributed by atoms with Crippen molar-refractivity contribution in [3.8, 4) is 5.75 Å². The molecule has 6 heteroatoms. The summed E-state index contributed by atoms with van der Waals surface area (Å²) in [4.78, 5) is 17.0. The van der Waals surface area contributed by atoms with Crippen molar-refractivity contribution in [1.29, 1.82) is 0 Å². The average Bonchev–Trinajstić information content (AvgIpc) is 2.85. The summed E-state index contributed by atoms with van der Waals surface area (Å²) < 4.78 is 5.36. The molecule has 2 aliphatic carbocycles. The summed E-state index contributed by atoms with van der Waals surface area (Å²) in [5.74, 6) is 0.459. The van der Waals surface area contributed by atoms with Gasteiger partial charge >= 0.3 is 5.97 Å². The second-order valence-corrected chi connectivity index (χ2v) is 8.20. The molecule has 0 amide bonds. The van der Waals surface area contributed by atoms with E-state index in [-0.39, 0.29) is 17.4 Å². The van der Waals surface area contributed by atoms with Crippen molar-refractivity contribution in [2.24, 2.45) is 21.9 Å². The molecular weight excluding hydrogens is 349 g/mol. The molecule has 0 N–H and O–H groups in total. The highest BCUT2D eigenvalue weighted by atomic mass is 35.5. The minimum atomic E-state index is -0.544. The smallest absolute Gasteiger partial charge is 0.372 e. The van der Waals surface area contributed by atoms with Gasteiger partial charge < -0.3 is 9.57 Å². The van der Waals surface area contributed by atoms with Gasteiger partial charge in [0.1, 0.15) is 5.75 Å². The fraction of sp³-hybridized carbons (Fsp3) is 0.556. The molecule has 0 aromatic heterocycles. The molecule has 0 spiro atoms. The summed E-state index contributed by atoms with van der Waals surface area (Å²) in [5.41, 5.74) is 1.20. The van der Waals surface area contributed by atoms with Crippen LogP contribution in [0.1, 0.15) is 40.0 Å². The molecule has 3 rings (SSSR count). The number of oxime groups is 1. The second kappa shape index (κ2) is 6.23. The molecule has 24 heavy (non-hydrogen) atoms. The van der Waals surface area contributed by atoms with Crippen LogP contribution >= 0.6 is 23.2 Å². The van der Waals surface area contributed by atoms with Gasteiger partial charge in [0.2, 0.25) is 0 Å². The van der Waals surface area contributed by atoms with Gasteiger partial charge in [-0.05, 0) is 48.8 Å². The number of nitrogens with zero attached hydrogens (tertiary/aromatic N) is 1. The Morgan fingerprint density at radius 3 is 2.67 bits per heavy atom. The van der Waals surface area contributed by atoms with E-state index in [1.54, 1.807) is 18.2 Å². The highest BCUT2D eigenvalue weighted by molar-refractivity contribution is 6.35. The van der Waals surface area contributed by atoms with Gasteiger partial charge in [0.05, 0.1) is 10.7 Å².